The van der Waals surface area contributed by atoms with Crippen molar-refractivity contribution in [3.8, 4) is 0 Å². The first-order valence-electron chi connectivity index (χ1n) is 8.20. The molecule has 132 valence electrons. The maximum Gasteiger partial charge on any atom is 0.401 e. The van der Waals surface area contributed by atoms with Crippen LogP contribution in [0, 0.1) is 0 Å². The van der Waals surface area contributed by atoms with Crippen LogP contribution in [0.3, 0.4) is 0 Å². The van der Waals surface area contributed by atoms with Crippen LogP contribution in [0.15, 0.2) is 0 Å². The molecule has 0 aromatic heterocycles. The fourth-order valence-corrected chi connectivity index (χ4v) is 3.16. The first-order valence-corrected chi connectivity index (χ1v) is 8.20. The molecule has 5 nitrogen and oxygen atoms in total. The van der Waals surface area contributed by atoms with Crippen LogP contribution in [0.25, 0.3) is 0 Å². The summed E-state index contributed by atoms with van der Waals surface area (Å²) in [7, 11) is 0. The van der Waals surface area contributed by atoms with E-state index in [0.717, 1.165) is 25.7 Å². The molecular formula is C15H24F3N3O2. The molecule has 1 saturated carbocycles. The highest BCUT2D eigenvalue weighted by atomic mass is 19.4. The van der Waals surface area contributed by atoms with Gasteiger partial charge in [0.25, 0.3) is 0 Å². The van der Waals surface area contributed by atoms with Crippen molar-refractivity contribution < 1.29 is 22.8 Å². The Kier molecular flexibility index (Phi) is 6.26. The van der Waals surface area contributed by atoms with Crippen LogP contribution in [-0.2, 0) is 9.59 Å². The second kappa shape index (κ2) is 7.99. The van der Waals surface area contributed by atoms with Crippen molar-refractivity contribution in [2.45, 2.75) is 50.7 Å². The Morgan fingerprint density at radius 2 is 1.61 bits per heavy atom. The minimum Gasteiger partial charge on any atom is -0.353 e. The molecule has 2 aliphatic rings. The van der Waals surface area contributed by atoms with Crippen LogP contribution >= 0.6 is 0 Å². The van der Waals surface area contributed by atoms with Crippen LogP contribution in [0.4, 0.5) is 13.2 Å². The molecule has 1 N–H and O–H groups in total. The third-order valence-electron chi connectivity index (χ3n) is 4.41. The van der Waals surface area contributed by atoms with Crippen LogP contribution in [0.1, 0.15) is 38.5 Å². The number of amides is 2. The molecule has 1 aliphatic heterocycles. The van der Waals surface area contributed by atoms with Crippen molar-refractivity contribution in [3.63, 3.8) is 0 Å². The van der Waals surface area contributed by atoms with Gasteiger partial charge in [0.05, 0.1) is 6.54 Å². The van der Waals surface area contributed by atoms with Crippen molar-refractivity contribution >= 4 is 11.8 Å². The lowest BCUT2D eigenvalue weighted by molar-refractivity contribution is -0.152. The molecule has 0 bridgehead atoms. The number of nitrogens with zero attached hydrogens (tertiary/aromatic N) is 2. The summed E-state index contributed by atoms with van der Waals surface area (Å²) in [5, 5.41) is 2.93. The van der Waals surface area contributed by atoms with Crippen LogP contribution in [-0.4, -0.2) is 66.6 Å². The SMILES string of the molecule is O=C(CCC(=O)N1CCN(CC(F)(F)F)CC1)NC1CCCC1. The van der Waals surface area contributed by atoms with Crippen molar-refractivity contribution in [1.29, 1.82) is 0 Å². The third-order valence-corrected chi connectivity index (χ3v) is 4.41. The molecule has 1 aliphatic carbocycles. The van der Waals surface area contributed by atoms with Crippen LogP contribution < -0.4 is 5.32 Å². The lowest BCUT2D eigenvalue weighted by Crippen LogP contribution is -2.51. The van der Waals surface area contributed by atoms with Gasteiger partial charge in [0.1, 0.15) is 0 Å². The summed E-state index contributed by atoms with van der Waals surface area (Å²) < 4.78 is 36.9. The Morgan fingerprint density at radius 1 is 1.00 bits per heavy atom. The highest BCUT2D eigenvalue weighted by Crippen LogP contribution is 2.19. The third kappa shape index (κ3) is 6.37. The van der Waals surface area contributed by atoms with Gasteiger partial charge in [-0.1, -0.05) is 12.8 Å². The second-order valence-corrected chi connectivity index (χ2v) is 6.32. The summed E-state index contributed by atoms with van der Waals surface area (Å²) in [5.41, 5.74) is 0. The molecule has 0 radical (unpaired) electrons. The van der Waals surface area contributed by atoms with Crippen molar-refractivity contribution in [2.75, 3.05) is 32.7 Å². The average molecular weight is 335 g/mol. The van der Waals surface area contributed by atoms with E-state index >= 15 is 0 Å². The molecule has 0 atom stereocenters. The zero-order chi connectivity index (χ0) is 16.9. The van der Waals surface area contributed by atoms with E-state index in [-0.39, 0.29) is 43.8 Å². The Hall–Kier alpha value is -1.31. The number of alkyl halides is 3. The Balaban J connectivity index is 1.63. The van der Waals surface area contributed by atoms with Gasteiger partial charge < -0.3 is 10.2 Å². The quantitative estimate of drug-likeness (QED) is 0.829. The summed E-state index contributed by atoms with van der Waals surface area (Å²) >= 11 is 0. The van der Waals surface area contributed by atoms with E-state index in [0.29, 0.717) is 13.1 Å². The van der Waals surface area contributed by atoms with Gasteiger partial charge in [0, 0.05) is 45.1 Å². The number of hydrogen-bond acceptors (Lipinski definition) is 3. The van der Waals surface area contributed by atoms with E-state index in [2.05, 4.69) is 5.32 Å². The Labute approximate surface area is 134 Å². The predicted octanol–water partition coefficient (Wildman–Crippen LogP) is 1.53. The fourth-order valence-electron chi connectivity index (χ4n) is 3.16. The maximum absolute atomic E-state index is 12.3. The molecule has 2 amide bonds. The molecule has 1 heterocycles. The molecule has 0 aromatic carbocycles. The smallest absolute Gasteiger partial charge is 0.353 e. The van der Waals surface area contributed by atoms with Gasteiger partial charge in [0.2, 0.25) is 11.8 Å². The van der Waals surface area contributed by atoms with E-state index in [1.165, 1.54) is 4.90 Å². The summed E-state index contributed by atoms with van der Waals surface area (Å²) in [5.74, 6) is -0.265. The topological polar surface area (TPSA) is 52.7 Å². The molecule has 23 heavy (non-hydrogen) atoms. The van der Waals surface area contributed by atoms with Gasteiger partial charge in [-0.05, 0) is 12.8 Å². The number of halogens is 3. The lowest BCUT2D eigenvalue weighted by atomic mass is 10.2. The fraction of sp³-hybridized carbons (Fsp3) is 0.867. The number of rotatable bonds is 5. The van der Waals surface area contributed by atoms with E-state index < -0.39 is 12.7 Å². The first kappa shape index (κ1) is 18.0. The highest BCUT2D eigenvalue weighted by molar-refractivity contribution is 5.84. The van der Waals surface area contributed by atoms with Gasteiger partial charge >= 0.3 is 6.18 Å². The van der Waals surface area contributed by atoms with Crippen molar-refractivity contribution in [2.24, 2.45) is 0 Å². The number of carbonyl (C=O) groups is 2. The van der Waals surface area contributed by atoms with Gasteiger partial charge in [-0.15, -0.1) is 0 Å². The van der Waals surface area contributed by atoms with Gasteiger partial charge in [-0.2, -0.15) is 13.2 Å². The zero-order valence-electron chi connectivity index (χ0n) is 13.2. The summed E-state index contributed by atoms with van der Waals surface area (Å²) in [6.45, 7) is 0.0934. The maximum atomic E-state index is 12.3. The minimum atomic E-state index is -4.20. The van der Waals surface area contributed by atoms with Crippen molar-refractivity contribution in [3.05, 3.63) is 0 Å². The second-order valence-electron chi connectivity index (χ2n) is 6.32. The molecule has 0 aromatic rings. The van der Waals surface area contributed by atoms with Crippen LogP contribution in [0.5, 0.6) is 0 Å². The summed E-state index contributed by atoms with van der Waals surface area (Å²) in [6, 6.07) is 0.239. The van der Waals surface area contributed by atoms with E-state index in [1.54, 1.807) is 4.90 Å². The Bertz CT molecular complexity index is 415. The summed E-state index contributed by atoms with van der Waals surface area (Å²) in [4.78, 5) is 26.7. The molecule has 0 spiro atoms. The lowest BCUT2D eigenvalue weighted by Gasteiger charge is -2.35. The van der Waals surface area contributed by atoms with Crippen LogP contribution in [0.2, 0.25) is 0 Å². The minimum absolute atomic E-state index is 0.110. The standard InChI is InChI=1S/C15H24F3N3O2/c16-15(17,18)11-20-7-9-21(10-8-20)14(23)6-5-13(22)19-12-3-1-2-4-12/h12H,1-11H2,(H,19,22). The highest BCUT2D eigenvalue weighted by Gasteiger charge is 2.32. The molecule has 1 saturated heterocycles. The molecular weight excluding hydrogens is 311 g/mol. The van der Waals surface area contributed by atoms with E-state index in [9.17, 15) is 22.8 Å². The van der Waals surface area contributed by atoms with Gasteiger partial charge in [-0.3, -0.25) is 14.5 Å². The molecule has 2 rings (SSSR count). The average Bonchev–Trinajstić information content (AvgIpc) is 2.97. The van der Waals surface area contributed by atoms with E-state index in [4.69, 9.17) is 0 Å². The largest absolute Gasteiger partial charge is 0.401 e. The number of hydrogen-bond donors (Lipinski definition) is 1. The first-order chi connectivity index (χ1) is 10.8. The Morgan fingerprint density at radius 3 is 2.17 bits per heavy atom. The molecule has 2 fully saturated rings. The number of piperazine rings is 1. The number of carbonyl (C=O) groups excluding carboxylic acids is 2. The van der Waals surface area contributed by atoms with Crippen molar-refractivity contribution in [1.82, 2.24) is 15.1 Å². The normalized spacial score (nSPS) is 20.7. The zero-order valence-corrected chi connectivity index (χ0v) is 13.2. The van der Waals surface area contributed by atoms with Gasteiger partial charge in [0.15, 0.2) is 0 Å². The molecule has 0 unspecified atom stereocenters. The number of nitrogens with one attached hydrogen (secondary N) is 1. The van der Waals surface area contributed by atoms with E-state index in [1.807, 2.05) is 0 Å². The molecule has 8 heteroatoms. The predicted molar refractivity (Wildman–Crippen MR) is 78.7 cm³/mol. The summed E-state index contributed by atoms with van der Waals surface area (Å²) in [6.07, 6.45) is 0.334. The van der Waals surface area contributed by atoms with Gasteiger partial charge in [-0.25, -0.2) is 0 Å². The monoisotopic (exact) mass is 335 g/mol.